The lowest BCUT2D eigenvalue weighted by atomic mass is 9.99. The summed E-state index contributed by atoms with van der Waals surface area (Å²) in [5.74, 6) is -3.25. The monoisotopic (exact) mass is 890 g/mol. The lowest BCUT2D eigenvalue weighted by molar-refractivity contribution is -0.235. The maximum absolute atomic E-state index is 13.0. The normalized spacial score (nSPS) is 12.8. The van der Waals surface area contributed by atoms with Crippen molar-refractivity contribution < 1.29 is 72.2 Å². The molecule has 0 aromatic carbocycles. The first-order valence-electron chi connectivity index (χ1n) is 16.4. The average molecular weight is 891 g/mol. The van der Waals surface area contributed by atoms with Crippen LogP contribution in [0.25, 0.3) is 33.8 Å². The van der Waals surface area contributed by atoms with E-state index in [0.717, 1.165) is 46.0 Å². The van der Waals surface area contributed by atoms with Gasteiger partial charge in [0, 0.05) is 41.7 Å². The topological polar surface area (TPSA) is 171 Å². The summed E-state index contributed by atoms with van der Waals surface area (Å²) in [5.41, 5.74) is -4.27. The second-order valence-electron chi connectivity index (χ2n) is 13.2. The molecular weight excluding hydrogens is 863 g/mol. The van der Waals surface area contributed by atoms with Crippen LogP contribution in [0.15, 0.2) is 48.8 Å². The fourth-order valence-corrected chi connectivity index (χ4v) is 4.61. The van der Waals surface area contributed by atoms with E-state index >= 15 is 0 Å². The number of rotatable bonds is 6. The van der Waals surface area contributed by atoms with Crippen LogP contribution in [0.4, 0.5) is 52.7 Å². The van der Waals surface area contributed by atoms with Gasteiger partial charge in [-0.3, -0.25) is 0 Å². The minimum atomic E-state index is -4.79. The first-order valence-corrected chi connectivity index (χ1v) is 16.8. The number of hydrogen-bond donors (Lipinski definition) is 2. The van der Waals surface area contributed by atoms with Gasteiger partial charge in [-0.1, -0.05) is 11.6 Å². The minimum absolute atomic E-state index is 0.0419. The molecule has 0 radical (unpaired) electrons. The second kappa shape index (κ2) is 16.8. The standard InChI is InChI=1S/C16H13F6N5O.C15H10ClF6N5O.CH5BO2/c1-8-6-10-24-25-13(15(17,18)19)27(10)26-12(8)9-4-5-11(23-7-9)28-14(2,3)16(20,21)22;1-13(2,15(20,21)22)28-10-4-3-7(6-23-10)11-8(16)5-9-24-25-12(14(17,18)19)27(9)26-11;1-2(3)4/h4-7H,1-3H3;3-6H,1-2H3;3-4H,1H3. The van der Waals surface area contributed by atoms with Gasteiger partial charge in [-0.2, -0.15) is 71.9 Å². The predicted molar refractivity (Wildman–Crippen MR) is 185 cm³/mol. The number of pyridine rings is 2. The SMILES string of the molecule is CB(O)O.CC(C)(Oc1ccc(-c2nn3c(C(F)(F)F)nnc3cc2Cl)cn1)C(F)(F)F.Cc1cc2nnc(C(F)(F)F)n2nc1-c1ccc(OC(C)(C)C(F)(F)F)nc1. The lowest BCUT2D eigenvalue weighted by Crippen LogP contribution is -2.44. The van der Waals surface area contributed by atoms with Gasteiger partial charge in [-0.05, 0) is 65.2 Å². The first kappa shape index (κ1) is 47.1. The van der Waals surface area contributed by atoms with Crippen LogP contribution in [-0.4, -0.2) is 90.3 Å². The Bertz CT molecular complexity index is 2250. The molecule has 0 amide bonds. The molecule has 0 aliphatic carbocycles. The minimum Gasteiger partial charge on any atom is -0.462 e. The largest absolute Gasteiger partial charge is 0.462 e. The summed E-state index contributed by atoms with van der Waals surface area (Å²) in [5, 5.41) is 35.9. The van der Waals surface area contributed by atoms with Gasteiger partial charge in [0.2, 0.25) is 11.8 Å². The third kappa shape index (κ3) is 11.0. The molecule has 0 saturated carbocycles. The summed E-state index contributed by atoms with van der Waals surface area (Å²) in [6.07, 6.45) is -16.5. The molecule has 0 fully saturated rings. The number of fused-ring (bicyclic) bond motifs is 2. The third-order valence-electron chi connectivity index (χ3n) is 7.54. The van der Waals surface area contributed by atoms with Crippen LogP contribution in [0, 0.1) is 6.92 Å². The van der Waals surface area contributed by atoms with E-state index in [2.05, 4.69) is 40.6 Å². The third-order valence-corrected chi connectivity index (χ3v) is 7.83. The van der Waals surface area contributed by atoms with Gasteiger partial charge in [-0.15, -0.1) is 20.4 Å². The fraction of sp³-hybridized carbons (Fsp3) is 0.375. The maximum Gasteiger partial charge on any atom is 0.453 e. The van der Waals surface area contributed by atoms with Crippen LogP contribution >= 0.6 is 11.6 Å². The molecule has 0 aliphatic heterocycles. The first-order chi connectivity index (χ1) is 27.3. The Morgan fingerprint density at radius 1 is 0.600 bits per heavy atom. The summed E-state index contributed by atoms with van der Waals surface area (Å²) in [4.78, 5) is 7.56. The fourth-order valence-electron chi connectivity index (χ4n) is 4.37. The molecule has 60 heavy (non-hydrogen) atoms. The molecule has 2 N–H and O–H groups in total. The maximum atomic E-state index is 13.0. The number of aryl methyl sites for hydroxylation is 1. The van der Waals surface area contributed by atoms with Gasteiger partial charge in [0.05, 0.1) is 10.7 Å². The highest BCUT2D eigenvalue weighted by molar-refractivity contribution is 6.39. The Morgan fingerprint density at radius 2 is 0.967 bits per heavy atom. The van der Waals surface area contributed by atoms with Crippen molar-refractivity contribution in [3.05, 3.63) is 71.0 Å². The quantitative estimate of drug-likeness (QED) is 0.123. The van der Waals surface area contributed by atoms with Crippen molar-refractivity contribution in [2.45, 2.75) is 77.3 Å². The molecule has 0 atom stereocenters. The molecule has 0 bridgehead atoms. The van der Waals surface area contributed by atoms with E-state index in [4.69, 9.17) is 31.1 Å². The van der Waals surface area contributed by atoms with Crippen LogP contribution in [0.2, 0.25) is 11.8 Å². The molecule has 6 aromatic heterocycles. The van der Waals surface area contributed by atoms with Crippen molar-refractivity contribution in [1.29, 1.82) is 0 Å². The number of ether oxygens (including phenoxy) is 2. The van der Waals surface area contributed by atoms with Crippen molar-refractivity contribution in [3.63, 3.8) is 0 Å². The van der Waals surface area contributed by atoms with Crippen molar-refractivity contribution in [2.75, 3.05) is 0 Å². The highest BCUT2D eigenvalue weighted by Crippen LogP contribution is 2.37. The van der Waals surface area contributed by atoms with Gasteiger partial charge in [0.1, 0.15) is 5.69 Å². The summed E-state index contributed by atoms with van der Waals surface area (Å²) in [6, 6.07) is 7.43. The summed E-state index contributed by atoms with van der Waals surface area (Å²) in [6.45, 7) is 6.25. The number of halogens is 13. The molecule has 0 unspecified atom stereocenters. The van der Waals surface area contributed by atoms with Crippen LogP contribution in [-0.2, 0) is 12.4 Å². The average Bonchev–Trinajstić information content (AvgIpc) is 3.71. The molecule has 0 spiro atoms. The zero-order chi connectivity index (χ0) is 45.4. The molecular formula is C32H28BClF12N10O4. The second-order valence-corrected chi connectivity index (χ2v) is 13.6. The smallest absolute Gasteiger partial charge is 0.453 e. The Hall–Kier alpha value is -5.57. The zero-order valence-corrected chi connectivity index (χ0v) is 32.0. The molecule has 6 heterocycles. The van der Waals surface area contributed by atoms with Gasteiger partial charge in [-0.25, -0.2) is 9.97 Å². The van der Waals surface area contributed by atoms with E-state index in [1.807, 2.05) is 0 Å². The Kier molecular flexibility index (Phi) is 13.2. The van der Waals surface area contributed by atoms with Gasteiger partial charge < -0.3 is 19.5 Å². The van der Waals surface area contributed by atoms with E-state index in [9.17, 15) is 52.7 Å². The lowest BCUT2D eigenvalue weighted by Gasteiger charge is -2.28. The van der Waals surface area contributed by atoms with Crippen molar-refractivity contribution in [2.24, 2.45) is 0 Å². The predicted octanol–water partition coefficient (Wildman–Crippen LogP) is 7.90. The van der Waals surface area contributed by atoms with Gasteiger partial charge in [0.25, 0.3) is 11.6 Å². The Labute approximate surface area is 334 Å². The van der Waals surface area contributed by atoms with E-state index in [1.165, 1.54) is 37.3 Å². The number of hydrogen-bond acceptors (Lipinski definition) is 12. The molecule has 324 valence electrons. The highest BCUT2D eigenvalue weighted by Gasteiger charge is 2.51. The van der Waals surface area contributed by atoms with Crippen molar-refractivity contribution in [3.8, 4) is 34.3 Å². The van der Waals surface area contributed by atoms with Crippen LogP contribution in [0.5, 0.6) is 11.8 Å². The summed E-state index contributed by atoms with van der Waals surface area (Å²) >= 11 is 6.03. The van der Waals surface area contributed by atoms with Gasteiger partial charge >= 0.3 is 31.8 Å². The summed E-state index contributed by atoms with van der Waals surface area (Å²) < 4.78 is 166. The molecule has 6 rings (SSSR count). The zero-order valence-electron chi connectivity index (χ0n) is 31.3. The van der Waals surface area contributed by atoms with Crippen molar-refractivity contribution >= 4 is 30.0 Å². The van der Waals surface area contributed by atoms with E-state index in [1.54, 1.807) is 6.92 Å². The Balaban J connectivity index is 0.000000243. The molecule has 14 nitrogen and oxygen atoms in total. The molecule has 28 heteroatoms. The molecule has 0 aliphatic rings. The van der Waals surface area contributed by atoms with E-state index in [0.29, 0.717) is 20.2 Å². The van der Waals surface area contributed by atoms with Crippen LogP contribution in [0.3, 0.4) is 0 Å². The number of alkyl halides is 12. The molecule has 6 aromatic rings. The molecule has 0 saturated heterocycles. The van der Waals surface area contributed by atoms with Crippen LogP contribution in [0.1, 0.15) is 44.9 Å². The van der Waals surface area contributed by atoms with Crippen molar-refractivity contribution in [1.82, 2.24) is 49.6 Å². The van der Waals surface area contributed by atoms with E-state index < -0.39 is 54.7 Å². The Morgan fingerprint density at radius 3 is 1.32 bits per heavy atom. The highest BCUT2D eigenvalue weighted by atomic mass is 35.5. The van der Waals surface area contributed by atoms with Gasteiger partial charge in [0.15, 0.2) is 22.5 Å². The summed E-state index contributed by atoms with van der Waals surface area (Å²) in [7, 11) is -1.17. The number of aromatic nitrogens is 10. The van der Waals surface area contributed by atoms with Crippen LogP contribution < -0.4 is 9.47 Å². The number of nitrogens with zero attached hydrogens (tertiary/aromatic N) is 10. The van der Waals surface area contributed by atoms with E-state index in [-0.39, 0.29) is 45.0 Å².